The van der Waals surface area contributed by atoms with Gasteiger partial charge in [-0.1, -0.05) is 6.92 Å². The lowest BCUT2D eigenvalue weighted by atomic mass is 10.1. The number of fused-ring (bicyclic) bond motifs is 1. The van der Waals surface area contributed by atoms with Crippen molar-refractivity contribution in [3.63, 3.8) is 0 Å². The summed E-state index contributed by atoms with van der Waals surface area (Å²) in [6.07, 6.45) is 0.722. The summed E-state index contributed by atoms with van der Waals surface area (Å²) in [5.41, 5.74) is 7.03. The van der Waals surface area contributed by atoms with Crippen LogP contribution in [0, 0.1) is 0 Å². The van der Waals surface area contributed by atoms with Gasteiger partial charge in [-0.15, -0.1) is 0 Å². The molecule has 6 heteroatoms. The molecule has 1 heterocycles. The minimum Gasteiger partial charge on any atom is -0.397 e. The lowest BCUT2D eigenvalue weighted by molar-refractivity contribution is 0.0593. The minimum atomic E-state index is -0.282. The quantitative estimate of drug-likeness (QED) is 0.637. The van der Waals surface area contributed by atoms with Gasteiger partial charge >= 0.3 is 0 Å². The first-order valence-corrected chi connectivity index (χ1v) is 7.14. The van der Waals surface area contributed by atoms with Gasteiger partial charge in [-0.25, -0.2) is 0 Å². The molecular formula is C12H12Br2N2O2. The molecule has 2 amide bonds. The van der Waals surface area contributed by atoms with Gasteiger partial charge in [-0.2, -0.15) is 0 Å². The average Bonchev–Trinajstić information content (AvgIpc) is 2.58. The normalized spacial score (nSPS) is 16.1. The molecule has 2 rings (SSSR count). The monoisotopic (exact) mass is 374 g/mol. The van der Waals surface area contributed by atoms with Crippen molar-refractivity contribution >= 4 is 49.4 Å². The molecule has 4 nitrogen and oxygen atoms in total. The summed E-state index contributed by atoms with van der Waals surface area (Å²) in [5.74, 6) is -0.541. The van der Waals surface area contributed by atoms with Crippen molar-refractivity contribution in [2.24, 2.45) is 0 Å². The molecule has 1 aromatic carbocycles. The van der Waals surface area contributed by atoms with E-state index < -0.39 is 0 Å². The Kier molecular flexibility index (Phi) is 3.51. The molecule has 0 aliphatic carbocycles. The van der Waals surface area contributed by atoms with Crippen LogP contribution in [0.3, 0.4) is 0 Å². The zero-order valence-corrected chi connectivity index (χ0v) is 13.1. The fourth-order valence-electron chi connectivity index (χ4n) is 1.94. The number of amides is 2. The topological polar surface area (TPSA) is 63.4 Å². The lowest BCUT2D eigenvalue weighted by Crippen LogP contribution is -2.37. The number of nitrogen functional groups attached to an aromatic ring is 1. The van der Waals surface area contributed by atoms with Gasteiger partial charge in [-0.05, 0) is 51.3 Å². The number of hydrogen-bond donors (Lipinski definition) is 1. The molecule has 1 aliphatic heterocycles. The van der Waals surface area contributed by atoms with Crippen molar-refractivity contribution in [1.29, 1.82) is 0 Å². The second-order valence-electron chi connectivity index (χ2n) is 4.25. The van der Waals surface area contributed by atoms with Crippen molar-refractivity contribution in [2.75, 3.05) is 5.73 Å². The van der Waals surface area contributed by atoms with Crippen molar-refractivity contribution in [3.05, 3.63) is 26.1 Å². The van der Waals surface area contributed by atoms with Gasteiger partial charge in [0.2, 0.25) is 0 Å². The third kappa shape index (κ3) is 1.78. The maximum atomic E-state index is 12.3. The summed E-state index contributed by atoms with van der Waals surface area (Å²) in [5, 5.41) is 0. The van der Waals surface area contributed by atoms with Gasteiger partial charge in [0.05, 0.1) is 21.3 Å². The van der Waals surface area contributed by atoms with Crippen LogP contribution in [-0.2, 0) is 0 Å². The molecule has 0 aromatic heterocycles. The molecule has 1 aromatic rings. The van der Waals surface area contributed by atoms with E-state index in [9.17, 15) is 9.59 Å². The molecule has 18 heavy (non-hydrogen) atoms. The van der Waals surface area contributed by atoms with E-state index in [4.69, 9.17) is 5.73 Å². The van der Waals surface area contributed by atoms with E-state index in [1.807, 2.05) is 13.8 Å². The van der Waals surface area contributed by atoms with E-state index in [1.165, 1.54) is 4.90 Å². The highest BCUT2D eigenvalue weighted by Gasteiger charge is 2.40. The fraction of sp³-hybridized carbons (Fsp3) is 0.333. The van der Waals surface area contributed by atoms with E-state index in [0.717, 1.165) is 6.42 Å². The molecule has 0 spiro atoms. The number of hydrogen-bond acceptors (Lipinski definition) is 3. The second-order valence-corrected chi connectivity index (χ2v) is 5.89. The summed E-state index contributed by atoms with van der Waals surface area (Å²) in [4.78, 5) is 25.8. The van der Waals surface area contributed by atoms with Gasteiger partial charge in [0, 0.05) is 10.5 Å². The molecule has 0 fully saturated rings. The van der Waals surface area contributed by atoms with Crippen LogP contribution < -0.4 is 5.73 Å². The molecule has 0 saturated carbocycles. The number of halogens is 2. The SMILES string of the molecule is CCC(C)N1C(=O)c2cc(Br)c(N)c(Br)c2C1=O. The molecular weight excluding hydrogens is 364 g/mol. The summed E-state index contributed by atoms with van der Waals surface area (Å²) in [6.45, 7) is 3.79. The third-order valence-electron chi connectivity index (χ3n) is 3.17. The summed E-state index contributed by atoms with van der Waals surface area (Å²) >= 11 is 6.58. The predicted octanol–water partition coefficient (Wildman–Crippen LogP) is 3.19. The van der Waals surface area contributed by atoms with Gasteiger partial charge in [-0.3, -0.25) is 14.5 Å². The van der Waals surface area contributed by atoms with Crippen molar-refractivity contribution in [3.8, 4) is 0 Å². The number of rotatable bonds is 2. The fourth-order valence-corrected chi connectivity index (χ4v) is 3.23. The maximum Gasteiger partial charge on any atom is 0.263 e. The summed E-state index contributed by atoms with van der Waals surface area (Å²) in [7, 11) is 0. The zero-order chi connectivity index (χ0) is 13.6. The van der Waals surface area contributed by atoms with Crippen LogP contribution >= 0.6 is 31.9 Å². The van der Waals surface area contributed by atoms with Gasteiger partial charge < -0.3 is 5.73 Å². The Morgan fingerprint density at radius 1 is 1.33 bits per heavy atom. The van der Waals surface area contributed by atoms with Crippen LogP contribution in [0.1, 0.15) is 41.0 Å². The largest absolute Gasteiger partial charge is 0.397 e. The molecule has 0 radical (unpaired) electrons. The predicted molar refractivity (Wildman–Crippen MR) is 76.5 cm³/mol. The van der Waals surface area contributed by atoms with Gasteiger partial charge in [0.1, 0.15) is 0 Å². The standard InChI is InChI=1S/C12H12Br2N2O2/c1-3-5(2)16-11(17)6-4-7(13)10(15)9(14)8(6)12(16)18/h4-5H,3,15H2,1-2H3. The second kappa shape index (κ2) is 4.66. The minimum absolute atomic E-state index is 0.121. The lowest BCUT2D eigenvalue weighted by Gasteiger charge is -2.20. The average molecular weight is 376 g/mol. The van der Waals surface area contributed by atoms with Crippen LogP contribution in [0.4, 0.5) is 5.69 Å². The van der Waals surface area contributed by atoms with E-state index in [0.29, 0.717) is 25.8 Å². The molecule has 2 N–H and O–H groups in total. The maximum absolute atomic E-state index is 12.3. The van der Waals surface area contributed by atoms with Crippen LogP contribution in [-0.4, -0.2) is 22.8 Å². The number of nitrogens with zero attached hydrogens (tertiary/aromatic N) is 1. The highest BCUT2D eigenvalue weighted by Crippen LogP contribution is 2.39. The Hall–Kier alpha value is -0.880. The number of carbonyl (C=O) groups is 2. The third-order valence-corrected chi connectivity index (χ3v) is 4.65. The first kappa shape index (κ1) is 13.5. The van der Waals surface area contributed by atoms with Gasteiger partial charge in [0.25, 0.3) is 11.8 Å². The smallest absolute Gasteiger partial charge is 0.263 e. The first-order chi connectivity index (χ1) is 8.40. The summed E-state index contributed by atoms with van der Waals surface area (Å²) < 4.78 is 1.09. The highest BCUT2D eigenvalue weighted by molar-refractivity contribution is 9.11. The number of nitrogens with two attached hydrogens (primary N) is 1. The molecule has 1 unspecified atom stereocenters. The van der Waals surface area contributed by atoms with Crippen LogP contribution in [0.5, 0.6) is 0 Å². The van der Waals surface area contributed by atoms with Crippen molar-refractivity contribution in [1.82, 2.24) is 4.90 Å². The molecule has 1 aliphatic rings. The van der Waals surface area contributed by atoms with E-state index in [2.05, 4.69) is 31.9 Å². The highest BCUT2D eigenvalue weighted by atomic mass is 79.9. The molecule has 1 atom stereocenters. The van der Waals surface area contributed by atoms with Crippen molar-refractivity contribution in [2.45, 2.75) is 26.3 Å². The van der Waals surface area contributed by atoms with Crippen LogP contribution in [0.25, 0.3) is 0 Å². The van der Waals surface area contributed by atoms with Crippen LogP contribution in [0.2, 0.25) is 0 Å². The Morgan fingerprint density at radius 3 is 2.50 bits per heavy atom. The number of benzene rings is 1. The Bertz CT molecular complexity index is 557. The molecule has 0 bridgehead atoms. The number of anilines is 1. The Labute approximate surface area is 122 Å². The number of carbonyl (C=O) groups excluding carboxylic acids is 2. The zero-order valence-electron chi connectivity index (χ0n) is 9.96. The Balaban J connectivity index is 2.63. The first-order valence-electron chi connectivity index (χ1n) is 5.55. The van der Waals surface area contributed by atoms with Gasteiger partial charge in [0.15, 0.2) is 0 Å². The van der Waals surface area contributed by atoms with E-state index in [1.54, 1.807) is 6.07 Å². The Morgan fingerprint density at radius 2 is 1.94 bits per heavy atom. The summed E-state index contributed by atoms with van der Waals surface area (Å²) in [6, 6.07) is 1.49. The molecule has 0 saturated heterocycles. The number of imide groups is 1. The van der Waals surface area contributed by atoms with Crippen LogP contribution in [0.15, 0.2) is 15.0 Å². The molecule has 96 valence electrons. The van der Waals surface area contributed by atoms with E-state index >= 15 is 0 Å². The van der Waals surface area contributed by atoms with Crippen molar-refractivity contribution < 1.29 is 9.59 Å². The van der Waals surface area contributed by atoms with E-state index in [-0.39, 0.29) is 17.9 Å².